The quantitative estimate of drug-likeness (QED) is 0.0849. The van der Waals surface area contributed by atoms with Gasteiger partial charge in [-0.1, -0.05) is 138 Å². The summed E-state index contributed by atoms with van der Waals surface area (Å²) in [5.41, 5.74) is 11.2. The van der Waals surface area contributed by atoms with Gasteiger partial charge in [-0.3, -0.25) is 0 Å². The zero-order chi connectivity index (χ0) is 33.4. The van der Waals surface area contributed by atoms with Crippen LogP contribution in [-0.2, 0) is 51.5 Å². The maximum absolute atomic E-state index is 3.38. The molecule has 0 aromatic heterocycles. The predicted octanol–water partition coefficient (Wildman–Crippen LogP) is 14.9. The summed E-state index contributed by atoms with van der Waals surface area (Å²) in [6.45, 7) is 15.7. The van der Waals surface area contributed by atoms with E-state index in [0.29, 0.717) is 0 Å². The number of unbranched alkanes of at least 4 members (excludes halogenated alkanes) is 2. The summed E-state index contributed by atoms with van der Waals surface area (Å²) in [5.74, 6) is 0. The molecule has 0 fully saturated rings. The fraction of sp³-hybridized carbons (Fsp3) is 0.319. The third-order valence-corrected chi connectivity index (χ3v) is 8.87. The Morgan fingerprint density at radius 3 is 1.16 bits per heavy atom. The topological polar surface area (TPSA) is 0 Å². The summed E-state index contributed by atoms with van der Waals surface area (Å²) in [6, 6.07) is 41.0. The standard InChI is InChI=1S/2C22H25.C3H6.2ClH.Hf/c2*1-3-5-8-18-15-20-9-6-10-21(22(20)16-18)19-13-11-17(7-4-2)12-14-19;1-3-2;;;/h2*6,9-16H,3-5,7-8H2,1-2H3;1-3H2;2*1H;/q2*-1;-2;;;+4. The smallest absolute Gasteiger partial charge is 0.372 e. The average Bonchev–Trinajstić information content (AvgIpc) is 3.72. The molecule has 0 N–H and O–H groups in total. The molecule has 0 bridgehead atoms. The number of fused-ring (bicyclic) bond motifs is 2. The van der Waals surface area contributed by atoms with Gasteiger partial charge >= 0.3 is 25.8 Å². The van der Waals surface area contributed by atoms with Crippen molar-refractivity contribution in [3.8, 4) is 22.3 Å². The molecule has 0 amide bonds. The van der Waals surface area contributed by atoms with Crippen molar-refractivity contribution in [1.82, 2.24) is 0 Å². The number of hydrogen-bond donors (Lipinski definition) is 0. The molecule has 0 radical (unpaired) electrons. The number of hydrogen-bond acceptors (Lipinski definition) is 0. The molecule has 0 nitrogen and oxygen atoms in total. The summed E-state index contributed by atoms with van der Waals surface area (Å²) >= 11 is 0. The number of aryl methyl sites for hydroxylation is 4. The van der Waals surface area contributed by atoms with Gasteiger partial charge < -0.3 is 20.3 Å². The van der Waals surface area contributed by atoms with Crippen molar-refractivity contribution >= 4 is 46.4 Å². The van der Waals surface area contributed by atoms with Crippen molar-refractivity contribution < 1.29 is 25.8 Å². The fourth-order valence-corrected chi connectivity index (χ4v) is 6.43. The number of halogens is 2. The summed E-state index contributed by atoms with van der Waals surface area (Å²) in [5, 5.41) is 5.55. The molecule has 6 aromatic carbocycles. The van der Waals surface area contributed by atoms with E-state index in [1.165, 1.54) is 130 Å². The van der Waals surface area contributed by atoms with Gasteiger partial charge in [-0.25, -0.2) is 0 Å². The van der Waals surface area contributed by atoms with Crippen LogP contribution in [0.25, 0.3) is 43.8 Å². The van der Waals surface area contributed by atoms with Crippen LogP contribution < -0.4 is 0 Å². The minimum Gasteiger partial charge on any atom is -0.372 e. The molecule has 0 aliphatic heterocycles. The molecule has 6 rings (SSSR count). The summed E-state index contributed by atoms with van der Waals surface area (Å²) in [4.78, 5) is 0. The van der Waals surface area contributed by atoms with E-state index in [1.807, 2.05) is 0 Å². The Labute approximate surface area is 335 Å². The molecular weight excluding hydrogens is 814 g/mol. The van der Waals surface area contributed by atoms with Gasteiger partial charge in [0, 0.05) is 0 Å². The Balaban J connectivity index is 0.000000439. The molecule has 0 unspecified atom stereocenters. The molecular formula is C47H58Cl2Hf. The van der Waals surface area contributed by atoms with Gasteiger partial charge in [-0.15, -0.1) is 93.9 Å². The van der Waals surface area contributed by atoms with Gasteiger partial charge in [0.05, 0.1) is 0 Å². The van der Waals surface area contributed by atoms with E-state index in [-0.39, 0.29) is 50.7 Å². The van der Waals surface area contributed by atoms with E-state index in [2.05, 4.69) is 151 Å². The molecule has 0 atom stereocenters. The second kappa shape index (κ2) is 24.7. The summed E-state index contributed by atoms with van der Waals surface area (Å²) < 4.78 is 0. The average molecular weight is 872 g/mol. The molecule has 3 heteroatoms. The van der Waals surface area contributed by atoms with Crippen molar-refractivity contribution in [3.05, 3.63) is 145 Å². The van der Waals surface area contributed by atoms with Crippen molar-refractivity contribution in [1.29, 1.82) is 0 Å². The van der Waals surface area contributed by atoms with Crippen LogP contribution >= 0.6 is 24.8 Å². The number of rotatable bonds is 12. The van der Waals surface area contributed by atoms with Crippen LogP contribution in [0.2, 0.25) is 0 Å². The monoisotopic (exact) mass is 872 g/mol. The van der Waals surface area contributed by atoms with Gasteiger partial charge in [0.1, 0.15) is 0 Å². The fourth-order valence-electron chi connectivity index (χ4n) is 6.43. The Morgan fingerprint density at radius 1 is 0.480 bits per heavy atom. The third-order valence-electron chi connectivity index (χ3n) is 8.87. The van der Waals surface area contributed by atoms with E-state index < -0.39 is 0 Å². The van der Waals surface area contributed by atoms with Crippen molar-refractivity contribution in [2.45, 2.75) is 98.3 Å². The van der Waals surface area contributed by atoms with Crippen LogP contribution in [0.15, 0.2) is 109 Å². The predicted molar refractivity (Wildman–Crippen MR) is 225 cm³/mol. The maximum Gasteiger partial charge on any atom is 4.00 e. The van der Waals surface area contributed by atoms with Gasteiger partial charge in [0.2, 0.25) is 0 Å². The first kappa shape index (κ1) is 45.6. The zero-order valence-electron chi connectivity index (χ0n) is 30.9. The van der Waals surface area contributed by atoms with E-state index in [9.17, 15) is 0 Å². The molecule has 0 spiro atoms. The SMILES string of the molecule is CCCCc1cc2c(-c3ccc(CCC)cc3)cccc2[cH-]1.CCCCc1cc2c(-c3ccc(CCC)cc3)cccc2[cH-]1.Cl.Cl.[CH2-]C[CH2-].[Hf+4]. The van der Waals surface area contributed by atoms with Gasteiger partial charge in [-0.05, 0) is 47.9 Å². The molecule has 50 heavy (non-hydrogen) atoms. The Bertz CT molecular complexity index is 1620. The molecule has 0 aliphatic rings. The normalized spacial score (nSPS) is 10.2. The second-order valence-electron chi connectivity index (χ2n) is 12.8. The largest absolute Gasteiger partial charge is 4.00 e. The third kappa shape index (κ3) is 13.0. The van der Waals surface area contributed by atoms with Crippen molar-refractivity contribution in [2.24, 2.45) is 0 Å². The summed E-state index contributed by atoms with van der Waals surface area (Å²) in [6.07, 6.45) is 13.0. The van der Waals surface area contributed by atoms with E-state index >= 15 is 0 Å². The molecule has 0 aliphatic carbocycles. The van der Waals surface area contributed by atoms with E-state index in [0.717, 1.165) is 6.42 Å². The first-order valence-electron chi connectivity index (χ1n) is 18.2. The molecule has 0 heterocycles. The Hall–Kier alpha value is -2.45. The summed E-state index contributed by atoms with van der Waals surface area (Å²) in [7, 11) is 0. The van der Waals surface area contributed by atoms with Gasteiger partial charge in [0.15, 0.2) is 0 Å². The maximum atomic E-state index is 3.38. The minimum absolute atomic E-state index is 0. The number of benzene rings is 4. The van der Waals surface area contributed by atoms with E-state index in [1.54, 1.807) is 0 Å². The van der Waals surface area contributed by atoms with Crippen LogP contribution in [0.1, 0.15) is 94.9 Å². The van der Waals surface area contributed by atoms with E-state index in [4.69, 9.17) is 0 Å². The Morgan fingerprint density at radius 2 is 0.840 bits per heavy atom. The molecule has 0 saturated carbocycles. The van der Waals surface area contributed by atoms with Crippen molar-refractivity contribution in [3.63, 3.8) is 0 Å². The van der Waals surface area contributed by atoms with Crippen LogP contribution in [0.3, 0.4) is 0 Å². The van der Waals surface area contributed by atoms with Crippen LogP contribution in [0, 0.1) is 13.8 Å². The zero-order valence-corrected chi connectivity index (χ0v) is 36.1. The van der Waals surface area contributed by atoms with Gasteiger partial charge in [0.25, 0.3) is 0 Å². The molecule has 6 aromatic rings. The minimum atomic E-state index is 0. The van der Waals surface area contributed by atoms with Crippen LogP contribution in [0.4, 0.5) is 0 Å². The first-order valence-corrected chi connectivity index (χ1v) is 18.2. The first-order chi connectivity index (χ1) is 23.0. The van der Waals surface area contributed by atoms with Crippen LogP contribution in [0.5, 0.6) is 0 Å². The second-order valence-corrected chi connectivity index (χ2v) is 12.8. The molecule has 0 saturated heterocycles. The van der Waals surface area contributed by atoms with Crippen LogP contribution in [-0.4, -0.2) is 0 Å². The van der Waals surface area contributed by atoms with Crippen molar-refractivity contribution in [2.75, 3.05) is 0 Å². The molecule has 264 valence electrons. The Kier molecular flexibility index (Phi) is 22.5. The van der Waals surface area contributed by atoms with Gasteiger partial charge in [-0.2, -0.15) is 12.1 Å².